The fourth-order valence-electron chi connectivity index (χ4n) is 3.95. The molecule has 1 amide bonds. The molecule has 5 heteroatoms. The third kappa shape index (κ3) is 2.33. The Kier molecular flexibility index (Phi) is 3.41. The van der Waals surface area contributed by atoms with Gasteiger partial charge in [0.2, 0.25) is 0 Å². The first kappa shape index (κ1) is 13.2. The van der Waals surface area contributed by atoms with Crippen molar-refractivity contribution in [2.24, 2.45) is 24.8 Å². The van der Waals surface area contributed by atoms with Crippen LogP contribution in [0.25, 0.3) is 0 Å². The number of hydrogen-bond donors (Lipinski definition) is 1. The van der Waals surface area contributed by atoms with E-state index in [4.69, 9.17) is 0 Å². The predicted molar refractivity (Wildman–Crippen MR) is 76.8 cm³/mol. The number of carbonyl (C=O) groups excluding carboxylic acids is 1. The minimum absolute atomic E-state index is 0.0258. The molecule has 4 nitrogen and oxygen atoms in total. The number of carbonyl (C=O) groups is 1. The molecule has 1 heterocycles. The third-order valence-corrected chi connectivity index (χ3v) is 5.48. The molecule has 2 fully saturated rings. The van der Waals surface area contributed by atoms with Crippen molar-refractivity contribution in [3.05, 3.63) is 16.4 Å². The maximum atomic E-state index is 12.3. The van der Waals surface area contributed by atoms with Crippen LogP contribution in [0, 0.1) is 17.8 Å². The number of halogens is 1. The Morgan fingerprint density at radius 3 is 2.84 bits per heavy atom. The lowest BCUT2D eigenvalue weighted by molar-refractivity contribution is 0.0905. The van der Waals surface area contributed by atoms with Crippen LogP contribution in [0.3, 0.4) is 0 Å². The molecule has 0 spiro atoms. The van der Waals surface area contributed by atoms with E-state index in [0.29, 0.717) is 11.6 Å². The van der Waals surface area contributed by atoms with E-state index in [9.17, 15) is 4.79 Å². The molecule has 0 aliphatic heterocycles. The number of hydrogen-bond acceptors (Lipinski definition) is 2. The molecular formula is C14H20BrN3O. The summed E-state index contributed by atoms with van der Waals surface area (Å²) >= 11 is 3.38. The number of rotatable bonds is 3. The van der Waals surface area contributed by atoms with Crippen LogP contribution in [0.2, 0.25) is 0 Å². The van der Waals surface area contributed by atoms with Crippen molar-refractivity contribution < 1.29 is 4.79 Å². The molecule has 4 atom stereocenters. The topological polar surface area (TPSA) is 46.9 Å². The van der Waals surface area contributed by atoms with Crippen LogP contribution < -0.4 is 5.32 Å². The molecule has 1 aromatic heterocycles. The van der Waals surface area contributed by atoms with Gasteiger partial charge in [-0.2, -0.15) is 5.10 Å². The van der Waals surface area contributed by atoms with Crippen molar-refractivity contribution in [3.63, 3.8) is 0 Å². The van der Waals surface area contributed by atoms with Gasteiger partial charge in [0, 0.05) is 13.1 Å². The van der Waals surface area contributed by atoms with E-state index < -0.39 is 0 Å². The summed E-state index contributed by atoms with van der Waals surface area (Å²) in [6.45, 7) is 2.15. The molecular weight excluding hydrogens is 306 g/mol. The van der Waals surface area contributed by atoms with Gasteiger partial charge in [-0.15, -0.1) is 0 Å². The highest BCUT2D eigenvalue weighted by molar-refractivity contribution is 9.10. The van der Waals surface area contributed by atoms with Crippen LogP contribution in [-0.2, 0) is 7.05 Å². The van der Waals surface area contributed by atoms with Crippen molar-refractivity contribution in [1.82, 2.24) is 15.1 Å². The fraction of sp³-hybridized carbons (Fsp3) is 0.714. The van der Waals surface area contributed by atoms with Gasteiger partial charge < -0.3 is 5.32 Å². The van der Waals surface area contributed by atoms with Crippen molar-refractivity contribution >= 4 is 21.8 Å². The maximum Gasteiger partial charge on any atom is 0.270 e. The van der Waals surface area contributed by atoms with Gasteiger partial charge >= 0.3 is 0 Å². The lowest BCUT2D eigenvalue weighted by atomic mass is 9.84. The zero-order valence-corrected chi connectivity index (χ0v) is 13.0. The molecule has 104 valence electrons. The Labute approximate surface area is 122 Å². The average Bonchev–Trinajstić information content (AvgIpc) is 3.05. The van der Waals surface area contributed by atoms with Crippen LogP contribution >= 0.6 is 15.9 Å². The van der Waals surface area contributed by atoms with Gasteiger partial charge in [0.15, 0.2) is 0 Å². The minimum atomic E-state index is -0.0258. The number of amides is 1. The lowest BCUT2D eigenvalue weighted by Crippen LogP contribution is -2.40. The summed E-state index contributed by atoms with van der Waals surface area (Å²) in [5.74, 6) is 2.38. The third-order valence-electron chi connectivity index (χ3n) is 4.90. The Balaban J connectivity index is 1.67. The highest BCUT2D eigenvalue weighted by atomic mass is 79.9. The maximum absolute atomic E-state index is 12.3. The quantitative estimate of drug-likeness (QED) is 0.928. The summed E-state index contributed by atoms with van der Waals surface area (Å²) < 4.78 is 2.38. The second-order valence-electron chi connectivity index (χ2n) is 6.07. The summed E-state index contributed by atoms with van der Waals surface area (Å²) in [4.78, 5) is 12.3. The first-order chi connectivity index (χ1) is 9.06. The highest BCUT2D eigenvalue weighted by Crippen LogP contribution is 2.49. The molecule has 0 saturated heterocycles. The first-order valence-electron chi connectivity index (χ1n) is 7.04. The van der Waals surface area contributed by atoms with Crippen LogP contribution in [0.1, 0.15) is 43.1 Å². The van der Waals surface area contributed by atoms with Gasteiger partial charge in [0.05, 0.1) is 10.7 Å². The predicted octanol–water partition coefficient (Wildman–Crippen LogP) is 2.74. The molecule has 19 heavy (non-hydrogen) atoms. The monoisotopic (exact) mass is 325 g/mol. The van der Waals surface area contributed by atoms with E-state index in [1.54, 1.807) is 17.9 Å². The number of nitrogens with zero attached hydrogens (tertiary/aromatic N) is 2. The Hall–Kier alpha value is -0.840. The summed E-state index contributed by atoms with van der Waals surface area (Å²) in [7, 11) is 1.79. The zero-order chi connectivity index (χ0) is 13.6. The van der Waals surface area contributed by atoms with Gasteiger partial charge in [0.25, 0.3) is 5.91 Å². The summed E-state index contributed by atoms with van der Waals surface area (Å²) in [5, 5.41) is 7.25. The summed E-state index contributed by atoms with van der Waals surface area (Å²) in [6, 6.07) is 0.254. The molecule has 0 radical (unpaired) electrons. The summed E-state index contributed by atoms with van der Waals surface area (Å²) in [5.41, 5.74) is 0.606. The first-order valence-corrected chi connectivity index (χ1v) is 7.84. The fourth-order valence-corrected chi connectivity index (χ4v) is 4.48. The SMILES string of the molecule is C[C@H](NC(=O)c1c(Br)cnn1C)[C@@H]1C[C@H]2CC[C@H]1C2. The van der Waals surface area contributed by atoms with Gasteiger partial charge in [-0.3, -0.25) is 9.48 Å². The molecule has 0 aromatic carbocycles. The second-order valence-corrected chi connectivity index (χ2v) is 6.92. The second kappa shape index (κ2) is 4.93. The molecule has 3 rings (SSSR count). The number of aromatic nitrogens is 2. The normalized spacial score (nSPS) is 30.6. The average molecular weight is 326 g/mol. The van der Waals surface area contributed by atoms with Crippen molar-refractivity contribution in [1.29, 1.82) is 0 Å². The molecule has 1 aromatic rings. The van der Waals surface area contributed by atoms with Crippen molar-refractivity contribution in [2.45, 2.75) is 38.6 Å². The van der Waals surface area contributed by atoms with Gasteiger partial charge in [-0.25, -0.2) is 0 Å². The Morgan fingerprint density at radius 1 is 1.53 bits per heavy atom. The number of nitrogens with one attached hydrogen (secondary N) is 1. The molecule has 2 bridgehead atoms. The van der Waals surface area contributed by atoms with E-state index in [1.165, 1.54) is 25.7 Å². The zero-order valence-electron chi connectivity index (χ0n) is 11.4. The molecule has 1 N–H and O–H groups in total. The van der Waals surface area contributed by atoms with E-state index in [1.807, 2.05) is 0 Å². The molecule has 2 saturated carbocycles. The van der Waals surface area contributed by atoms with Crippen molar-refractivity contribution in [2.75, 3.05) is 0 Å². The largest absolute Gasteiger partial charge is 0.348 e. The summed E-state index contributed by atoms with van der Waals surface area (Å²) in [6.07, 6.45) is 7.08. The minimum Gasteiger partial charge on any atom is -0.348 e. The number of aryl methyl sites for hydroxylation is 1. The van der Waals surface area contributed by atoms with E-state index in [0.717, 1.165) is 16.3 Å². The highest BCUT2D eigenvalue weighted by Gasteiger charge is 2.42. The van der Waals surface area contributed by atoms with Crippen LogP contribution in [-0.4, -0.2) is 21.7 Å². The lowest BCUT2D eigenvalue weighted by Gasteiger charge is -2.28. The van der Waals surface area contributed by atoms with E-state index in [-0.39, 0.29) is 11.9 Å². The van der Waals surface area contributed by atoms with Crippen molar-refractivity contribution in [3.8, 4) is 0 Å². The van der Waals surface area contributed by atoms with E-state index in [2.05, 4.69) is 33.3 Å². The standard InChI is InChI=1S/C14H20BrN3O/c1-8(11-6-9-3-4-10(11)5-9)17-14(19)13-12(15)7-16-18(13)2/h7-11H,3-6H2,1-2H3,(H,17,19)/t8-,9-,10-,11-/m0/s1. The van der Waals surface area contributed by atoms with Gasteiger partial charge in [-0.1, -0.05) is 6.42 Å². The molecule has 2 aliphatic carbocycles. The van der Waals surface area contributed by atoms with Crippen LogP contribution in [0.5, 0.6) is 0 Å². The molecule has 0 unspecified atom stereocenters. The molecule has 2 aliphatic rings. The Morgan fingerprint density at radius 2 is 2.32 bits per heavy atom. The smallest absolute Gasteiger partial charge is 0.270 e. The van der Waals surface area contributed by atoms with Crippen LogP contribution in [0.4, 0.5) is 0 Å². The number of fused-ring (bicyclic) bond motifs is 2. The van der Waals surface area contributed by atoms with E-state index >= 15 is 0 Å². The van der Waals surface area contributed by atoms with Gasteiger partial charge in [-0.05, 0) is 59.9 Å². The van der Waals surface area contributed by atoms with Gasteiger partial charge in [0.1, 0.15) is 5.69 Å². The Bertz CT molecular complexity index is 479. The van der Waals surface area contributed by atoms with Crippen LogP contribution in [0.15, 0.2) is 10.7 Å².